The van der Waals surface area contributed by atoms with Gasteiger partial charge in [0.15, 0.2) is 18.1 Å². The van der Waals surface area contributed by atoms with E-state index in [1.165, 1.54) is 13.3 Å². The third kappa shape index (κ3) is 8.17. The fourth-order valence-electron chi connectivity index (χ4n) is 2.64. The Balaban J connectivity index is 1.90. The van der Waals surface area contributed by atoms with Gasteiger partial charge >= 0.3 is 5.97 Å². The molecule has 176 valence electrons. The first-order valence-electron chi connectivity index (χ1n) is 10.3. The number of hydrogen-bond acceptors (Lipinski definition) is 8. The van der Waals surface area contributed by atoms with Crippen LogP contribution in [0.5, 0.6) is 17.2 Å². The molecule has 0 unspecified atom stereocenters. The van der Waals surface area contributed by atoms with Gasteiger partial charge in [-0.25, -0.2) is 10.2 Å². The van der Waals surface area contributed by atoms with Crippen LogP contribution in [-0.2, 0) is 14.3 Å². The molecule has 2 rings (SSSR count). The fourth-order valence-corrected chi connectivity index (χ4v) is 2.64. The van der Waals surface area contributed by atoms with Gasteiger partial charge in [0, 0.05) is 0 Å². The van der Waals surface area contributed by atoms with Gasteiger partial charge in [-0.1, -0.05) is 12.1 Å². The Morgan fingerprint density at radius 3 is 2.48 bits per heavy atom. The Bertz CT molecular complexity index is 992. The van der Waals surface area contributed by atoms with Gasteiger partial charge in [0.2, 0.25) is 0 Å². The molecular formula is C23H27N3O7. The van der Waals surface area contributed by atoms with E-state index in [1.54, 1.807) is 49.4 Å². The minimum atomic E-state index is -0.506. The van der Waals surface area contributed by atoms with E-state index in [0.29, 0.717) is 35.0 Å². The Morgan fingerprint density at radius 1 is 0.970 bits per heavy atom. The predicted molar refractivity (Wildman–Crippen MR) is 121 cm³/mol. The average Bonchev–Trinajstić information content (AvgIpc) is 2.82. The molecule has 0 radical (unpaired) electrons. The standard InChI is InChI=1S/C23H27N3O7/c1-4-31-20-12-16(10-11-19(20)33-15-22(28)32-5-2)13-25-26-21(27)14-24-23(29)17-8-6-7-9-18(17)30-3/h6-13H,4-5,14-15H2,1-3H3,(H,24,29)(H,26,27). The number of para-hydroxylation sites is 1. The maximum atomic E-state index is 12.2. The topological polar surface area (TPSA) is 125 Å². The van der Waals surface area contributed by atoms with Crippen molar-refractivity contribution < 1.29 is 33.3 Å². The lowest BCUT2D eigenvalue weighted by Crippen LogP contribution is -2.35. The second-order valence-corrected chi connectivity index (χ2v) is 6.41. The third-order valence-electron chi connectivity index (χ3n) is 4.08. The Labute approximate surface area is 191 Å². The van der Waals surface area contributed by atoms with Crippen LogP contribution in [0.4, 0.5) is 0 Å². The van der Waals surface area contributed by atoms with Crippen molar-refractivity contribution in [3.8, 4) is 17.2 Å². The van der Waals surface area contributed by atoms with Gasteiger partial charge in [0.25, 0.3) is 11.8 Å². The van der Waals surface area contributed by atoms with Crippen LogP contribution in [0.1, 0.15) is 29.8 Å². The summed E-state index contributed by atoms with van der Waals surface area (Å²) in [6, 6.07) is 11.7. The predicted octanol–water partition coefficient (Wildman–Crippen LogP) is 1.92. The van der Waals surface area contributed by atoms with Crippen LogP contribution < -0.4 is 25.0 Å². The van der Waals surface area contributed by atoms with Crippen molar-refractivity contribution in [3.05, 3.63) is 53.6 Å². The van der Waals surface area contributed by atoms with E-state index >= 15 is 0 Å². The summed E-state index contributed by atoms with van der Waals surface area (Å²) in [6.07, 6.45) is 1.41. The number of carbonyl (C=O) groups excluding carboxylic acids is 3. The molecule has 0 spiro atoms. The number of amides is 2. The molecular weight excluding hydrogens is 430 g/mol. The van der Waals surface area contributed by atoms with Crippen LogP contribution in [0.3, 0.4) is 0 Å². The lowest BCUT2D eigenvalue weighted by atomic mass is 10.2. The highest BCUT2D eigenvalue weighted by molar-refractivity contribution is 5.98. The molecule has 0 aliphatic heterocycles. The van der Waals surface area contributed by atoms with E-state index in [-0.39, 0.29) is 19.8 Å². The molecule has 10 nitrogen and oxygen atoms in total. The number of nitrogens with zero attached hydrogens (tertiary/aromatic N) is 1. The third-order valence-corrected chi connectivity index (χ3v) is 4.08. The number of rotatable bonds is 12. The second-order valence-electron chi connectivity index (χ2n) is 6.41. The van der Waals surface area contributed by atoms with Crippen molar-refractivity contribution >= 4 is 24.0 Å². The number of benzene rings is 2. The lowest BCUT2D eigenvalue weighted by Gasteiger charge is -2.12. The smallest absolute Gasteiger partial charge is 0.344 e. The molecule has 0 aliphatic rings. The van der Waals surface area contributed by atoms with Crippen LogP contribution >= 0.6 is 0 Å². The molecule has 0 aliphatic carbocycles. The number of hydrazone groups is 1. The van der Waals surface area contributed by atoms with E-state index in [2.05, 4.69) is 15.8 Å². The number of esters is 1. The highest BCUT2D eigenvalue weighted by atomic mass is 16.6. The monoisotopic (exact) mass is 457 g/mol. The average molecular weight is 457 g/mol. The molecule has 2 amide bonds. The normalized spacial score (nSPS) is 10.4. The van der Waals surface area contributed by atoms with Crippen molar-refractivity contribution in [1.82, 2.24) is 10.7 Å². The van der Waals surface area contributed by atoms with E-state index in [0.717, 1.165) is 0 Å². The zero-order valence-corrected chi connectivity index (χ0v) is 18.8. The van der Waals surface area contributed by atoms with Crippen molar-refractivity contribution in [2.45, 2.75) is 13.8 Å². The van der Waals surface area contributed by atoms with Gasteiger partial charge in [0.1, 0.15) is 5.75 Å². The van der Waals surface area contributed by atoms with Crippen LogP contribution in [0.2, 0.25) is 0 Å². The summed E-state index contributed by atoms with van der Waals surface area (Å²) in [5.74, 6) is -0.217. The Morgan fingerprint density at radius 2 is 1.76 bits per heavy atom. The molecule has 0 saturated heterocycles. The molecule has 0 atom stereocenters. The molecule has 0 bridgehead atoms. The summed E-state index contributed by atoms with van der Waals surface area (Å²) in [4.78, 5) is 35.7. The number of nitrogens with one attached hydrogen (secondary N) is 2. The summed E-state index contributed by atoms with van der Waals surface area (Å²) in [5, 5.41) is 6.39. The zero-order valence-electron chi connectivity index (χ0n) is 18.8. The summed E-state index contributed by atoms with van der Waals surface area (Å²) in [5.41, 5.74) is 3.29. The molecule has 2 aromatic rings. The lowest BCUT2D eigenvalue weighted by molar-refractivity contribution is -0.145. The van der Waals surface area contributed by atoms with Crippen molar-refractivity contribution in [2.75, 3.05) is 33.5 Å². The summed E-state index contributed by atoms with van der Waals surface area (Å²) < 4.78 is 21.0. The molecule has 10 heteroatoms. The summed E-state index contributed by atoms with van der Waals surface area (Å²) in [6.45, 7) is 3.68. The van der Waals surface area contributed by atoms with Gasteiger partial charge in [0.05, 0.1) is 38.6 Å². The highest BCUT2D eigenvalue weighted by Crippen LogP contribution is 2.28. The minimum Gasteiger partial charge on any atom is -0.496 e. The largest absolute Gasteiger partial charge is 0.496 e. The second kappa shape index (κ2) is 13.4. The minimum absolute atomic E-state index is 0.238. The maximum Gasteiger partial charge on any atom is 0.344 e. The van der Waals surface area contributed by atoms with Gasteiger partial charge in [-0.3, -0.25) is 9.59 Å². The quantitative estimate of drug-likeness (QED) is 0.283. The van der Waals surface area contributed by atoms with Crippen LogP contribution in [0, 0.1) is 0 Å². The first kappa shape index (κ1) is 25.2. The first-order valence-corrected chi connectivity index (χ1v) is 10.3. The van der Waals surface area contributed by atoms with Gasteiger partial charge in [-0.2, -0.15) is 5.10 Å². The number of carbonyl (C=O) groups is 3. The van der Waals surface area contributed by atoms with E-state index < -0.39 is 17.8 Å². The van der Waals surface area contributed by atoms with Crippen molar-refractivity contribution in [1.29, 1.82) is 0 Å². The zero-order chi connectivity index (χ0) is 24.1. The van der Waals surface area contributed by atoms with Crippen molar-refractivity contribution in [3.63, 3.8) is 0 Å². The molecule has 33 heavy (non-hydrogen) atoms. The van der Waals surface area contributed by atoms with Crippen molar-refractivity contribution in [2.24, 2.45) is 5.10 Å². The summed E-state index contributed by atoms with van der Waals surface area (Å²) in [7, 11) is 1.46. The van der Waals surface area contributed by atoms with Gasteiger partial charge in [-0.05, 0) is 49.7 Å². The molecule has 2 N–H and O–H groups in total. The highest BCUT2D eigenvalue weighted by Gasteiger charge is 2.12. The summed E-state index contributed by atoms with van der Waals surface area (Å²) >= 11 is 0. The Hall–Kier alpha value is -4.08. The number of ether oxygens (including phenoxy) is 4. The number of hydrogen-bond donors (Lipinski definition) is 2. The van der Waals surface area contributed by atoms with Gasteiger partial charge in [-0.15, -0.1) is 0 Å². The van der Waals surface area contributed by atoms with E-state index in [1.807, 2.05) is 6.92 Å². The van der Waals surface area contributed by atoms with Gasteiger partial charge < -0.3 is 24.3 Å². The maximum absolute atomic E-state index is 12.2. The van der Waals surface area contributed by atoms with E-state index in [4.69, 9.17) is 18.9 Å². The van der Waals surface area contributed by atoms with Crippen LogP contribution in [0.15, 0.2) is 47.6 Å². The first-order chi connectivity index (χ1) is 16.0. The van der Waals surface area contributed by atoms with Crippen LogP contribution in [-0.4, -0.2) is 57.5 Å². The molecule has 0 heterocycles. The molecule has 0 saturated carbocycles. The Kier molecular flexibility index (Phi) is 10.2. The molecule has 0 aromatic heterocycles. The van der Waals surface area contributed by atoms with Crippen LogP contribution in [0.25, 0.3) is 0 Å². The molecule has 2 aromatic carbocycles. The molecule has 0 fully saturated rings. The fraction of sp³-hybridized carbons (Fsp3) is 0.304. The number of methoxy groups -OCH3 is 1. The SMILES string of the molecule is CCOC(=O)COc1ccc(C=NNC(=O)CNC(=O)c2ccccc2OC)cc1OCC. The van der Waals surface area contributed by atoms with E-state index in [9.17, 15) is 14.4 Å².